The van der Waals surface area contributed by atoms with Crippen LogP contribution in [0.2, 0.25) is 0 Å². The van der Waals surface area contributed by atoms with Gasteiger partial charge in [-0.2, -0.15) is 0 Å². The maximum Gasteiger partial charge on any atom is 0.344 e. The first kappa shape index (κ1) is 18.2. The van der Waals surface area contributed by atoms with Crippen molar-refractivity contribution < 1.29 is 33.3 Å². The summed E-state index contributed by atoms with van der Waals surface area (Å²) in [4.78, 5) is 34.5. The number of aldehydes is 1. The minimum Gasteiger partial charge on any atom is -0.486 e. The smallest absolute Gasteiger partial charge is 0.344 e. The molecule has 27 heavy (non-hydrogen) atoms. The summed E-state index contributed by atoms with van der Waals surface area (Å²) < 4.78 is 20.9. The van der Waals surface area contributed by atoms with Crippen LogP contribution in [0.5, 0.6) is 17.2 Å². The zero-order valence-corrected chi connectivity index (χ0v) is 14.3. The number of para-hydroxylation sites is 1. The molecule has 2 aromatic carbocycles. The Morgan fingerprint density at radius 3 is 2.63 bits per heavy atom. The molecular weight excluding hydrogens is 354 g/mol. The lowest BCUT2D eigenvalue weighted by Crippen LogP contribution is -2.24. The van der Waals surface area contributed by atoms with Crippen LogP contribution in [-0.4, -0.2) is 44.6 Å². The molecule has 0 saturated heterocycles. The first-order valence-corrected chi connectivity index (χ1v) is 8.18. The van der Waals surface area contributed by atoms with Crippen LogP contribution in [0.4, 0.5) is 5.69 Å². The van der Waals surface area contributed by atoms with Crippen molar-refractivity contribution in [2.45, 2.75) is 0 Å². The standard InChI is InChI=1S/C19H17NO7/c21-10-13-3-1-2-4-15(13)26-12-19(23)27-11-18(22)20-14-5-6-16-17(9-14)25-8-7-24-16/h1-6,9-10H,7-8,11-12H2,(H,20,22). The number of ether oxygens (including phenoxy) is 4. The van der Waals surface area contributed by atoms with E-state index in [1.165, 1.54) is 0 Å². The van der Waals surface area contributed by atoms with E-state index in [1.54, 1.807) is 42.5 Å². The summed E-state index contributed by atoms with van der Waals surface area (Å²) in [5.74, 6) is 0.184. The van der Waals surface area contributed by atoms with Gasteiger partial charge in [-0.05, 0) is 24.3 Å². The molecule has 1 aliphatic heterocycles. The third-order valence-electron chi connectivity index (χ3n) is 3.58. The monoisotopic (exact) mass is 371 g/mol. The minimum absolute atomic E-state index is 0.269. The lowest BCUT2D eigenvalue weighted by molar-refractivity contribution is -0.149. The van der Waals surface area contributed by atoms with Crippen molar-refractivity contribution in [1.29, 1.82) is 0 Å². The number of anilines is 1. The molecule has 0 aliphatic carbocycles. The average molecular weight is 371 g/mol. The predicted octanol–water partition coefficient (Wildman–Crippen LogP) is 1.83. The van der Waals surface area contributed by atoms with Gasteiger partial charge in [0.1, 0.15) is 19.0 Å². The van der Waals surface area contributed by atoms with Crippen LogP contribution in [0.3, 0.4) is 0 Å². The molecule has 0 atom stereocenters. The largest absolute Gasteiger partial charge is 0.486 e. The summed E-state index contributed by atoms with van der Waals surface area (Å²) >= 11 is 0. The van der Waals surface area contributed by atoms with Crippen molar-refractivity contribution in [3.63, 3.8) is 0 Å². The molecule has 0 bridgehead atoms. The molecule has 0 saturated carbocycles. The second kappa shape index (κ2) is 8.70. The second-order valence-electron chi connectivity index (χ2n) is 5.51. The highest BCUT2D eigenvalue weighted by atomic mass is 16.6. The molecule has 1 amide bonds. The summed E-state index contributed by atoms with van der Waals surface area (Å²) in [6, 6.07) is 11.5. The molecule has 0 radical (unpaired) electrons. The summed E-state index contributed by atoms with van der Waals surface area (Å²) in [5.41, 5.74) is 0.818. The van der Waals surface area contributed by atoms with Crippen LogP contribution in [-0.2, 0) is 14.3 Å². The van der Waals surface area contributed by atoms with Gasteiger partial charge in [0.2, 0.25) is 0 Å². The van der Waals surface area contributed by atoms with Gasteiger partial charge in [0.05, 0.1) is 5.56 Å². The second-order valence-corrected chi connectivity index (χ2v) is 5.51. The molecule has 1 aliphatic rings. The van der Waals surface area contributed by atoms with E-state index >= 15 is 0 Å². The van der Waals surface area contributed by atoms with Crippen LogP contribution in [0, 0.1) is 0 Å². The highest BCUT2D eigenvalue weighted by molar-refractivity contribution is 5.93. The molecule has 140 valence electrons. The number of hydrogen-bond acceptors (Lipinski definition) is 7. The van der Waals surface area contributed by atoms with E-state index in [1.807, 2.05) is 0 Å². The molecule has 1 heterocycles. The Morgan fingerprint density at radius 1 is 1.04 bits per heavy atom. The molecule has 0 unspecified atom stereocenters. The van der Waals surface area contributed by atoms with Gasteiger partial charge in [0.25, 0.3) is 5.91 Å². The third kappa shape index (κ3) is 4.97. The summed E-state index contributed by atoms with van der Waals surface area (Å²) in [6.45, 7) is 0.0391. The number of hydrogen-bond donors (Lipinski definition) is 1. The van der Waals surface area contributed by atoms with Crippen LogP contribution in [0.15, 0.2) is 42.5 Å². The van der Waals surface area contributed by atoms with E-state index in [9.17, 15) is 14.4 Å². The summed E-state index contributed by atoms with van der Waals surface area (Å²) in [5, 5.41) is 2.60. The number of fused-ring (bicyclic) bond motifs is 1. The van der Waals surface area contributed by atoms with Gasteiger partial charge in [-0.1, -0.05) is 12.1 Å². The molecule has 0 spiro atoms. The molecule has 3 rings (SSSR count). The van der Waals surface area contributed by atoms with Gasteiger partial charge in [-0.3, -0.25) is 9.59 Å². The van der Waals surface area contributed by atoms with Crippen molar-refractivity contribution in [3.05, 3.63) is 48.0 Å². The van der Waals surface area contributed by atoms with Crippen LogP contribution < -0.4 is 19.5 Å². The third-order valence-corrected chi connectivity index (χ3v) is 3.58. The molecule has 1 N–H and O–H groups in total. The average Bonchev–Trinajstić information content (AvgIpc) is 2.70. The van der Waals surface area contributed by atoms with E-state index in [0.29, 0.717) is 42.2 Å². The first-order valence-electron chi connectivity index (χ1n) is 8.18. The van der Waals surface area contributed by atoms with Gasteiger partial charge in [-0.25, -0.2) is 4.79 Å². The Balaban J connectivity index is 1.44. The fraction of sp³-hybridized carbons (Fsp3) is 0.211. The quantitative estimate of drug-likeness (QED) is 0.585. The summed E-state index contributed by atoms with van der Waals surface area (Å²) in [6.07, 6.45) is 0.626. The zero-order chi connectivity index (χ0) is 19.1. The normalized spacial score (nSPS) is 12.0. The molecule has 8 nitrogen and oxygen atoms in total. The molecular formula is C19H17NO7. The van der Waals surface area contributed by atoms with Crippen molar-refractivity contribution in [3.8, 4) is 17.2 Å². The van der Waals surface area contributed by atoms with Gasteiger partial charge < -0.3 is 24.3 Å². The first-order chi connectivity index (χ1) is 13.2. The molecule has 0 fully saturated rings. The van der Waals surface area contributed by atoms with E-state index in [-0.39, 0.29) is 5.75 Å². The highest BCUT2D eigenvalue weighted by Crippen LogP contribution is 2.32. The Kier molecular flexibility index (Phi) is 5.88. The lowest BCUT2D eigenvalue weighted by Gasteiger charge is -2.19. The van der Waals surface area contributed by atoms with E-state index in [2.05, 4.69) is 5.32 Å². The molecule has 0 aromatic heterocycles. The van der Waals surface area contributed by atoms with E-state index in [0.717, 1.165) is 0 Å². The number of rotatable bonds is 7. The Morgan fingerprint density at radius 2 is 1.81 bits per heavy atom. The topological polar surface area (TPSA) is 100 Å². The van der Waals surface area contributed by atoms with Crippen LogP contribution in [0.25, 0.3) is 0 Å². The van der Waals surface area contributed by atoms with Crippen LogP contribution in [0.1, 0.15) is 10.4 Å². The summed E-state index contributed by atoms with van der Waals surface area (Å²) in [7, 11) is 0. The fourth-order valence-corrected chi connectivity index (χ4v) is 2.35. The Labute approximate surface area is 155 Å². The maximum absolute atomic E-state index is 11.9. The number of benzene rings is 2. The predicted molar refractivity (Wildman–Crippen MR) is 94.3 cm³/mol. The van der Waals surface area contributed by atoms with Crippen molar-refractivity contribution in [2.24, 2.45) is 0 Å². The lowest BCUT2D eigenvalue weighted by atomic mass is 10.2. The highest BCUT2D eigenvalue weighted by Gasteiger charge is 2.14. The molecule has 2 aromatic rings. The SMILES string of the molecule is O=Cc1ccccc1OCC(=O)OCC(=O)Nc1ccc2c(c1)OCCO2. The van der Waals surface area contributed by atoms with Gasteiger partial charge in [0.15, 0.2) is 31.0 Å². The number of nitrogens with one attached hydrogen (secondary N) is 1. The van der Waals surface area contributed by atoms with Crippen molar-refractivity contribution in [1.82, 2.24) is 0 Å². The Hall–Kier alpha value is -3.55. The number of carbonyl (C=O) groups excluding carboxylic acids is 3. The number of amides is 1. The van der Waals surface area contributed by atoms with Crippen molar-refractivity contribution >= 4 is 23.9 Å². The minimum atomic E-state index is -0.729. The van der Waals surface area contributed by atoms with E-state index in [4.69, 9.17) is 18.9 Å². The van der Waals surface area contributed by atoms with Crippen LogP contribution >= 0.6 is 0 Å². The maximum atomic E-state index is 11.9. The van der Waals surface area contributed by atoms with Gasteiger partial charge in [-0.15, -0.1) is 0 Å². The Bertz CT molecular complexity index is 850. The van der Waals surface area contributed by atoms with Crippen molar-refractivity contribution in [2.75, 3.05) is 31.7 Å². The number of carbonyl (C=O) groups is 3. The number of esters is 1. The zero-order valence-electron chi connectivity index (χ0n) is 14.3. The molecule has 8 heteroatoms. The van der Waals surface area contributed by atoms with Gasteiger partial charge >= 0.3 is 5.97 Å². The van der Waals surface area contributed by atoms with E-state index < -0.39 is 25.1 Å². The van der Waals surface area contributed by atoms with Gasteiger partial charge in [0, 0.05) is 11.8 Å². The fourth-order valence-electron chi connectivity index (χ4n) is 2.35.